The number of nitrogens with zero attached hydrogens (tertiary/aromatic N) is 4. The predicted octanol–water partition coefficient (Wildman–Crippen LogP) is -0.201. The van der Waals surface area contributed by atoms with Gasteiger partial charge in [-0.3, -0.25) is 18.8 Å². The van der Waals surface area contributed by atoms with Gasteiger partial charge >= 0.3 is 5.69 Å². The summed E-state index contributed by atoms with van der Waals surface area (Å²) in [6.45, 7) is 6.64. The van der Waals surface area contributed by atoms with Gasteiger partial charge < -0.3 is 10.1 Å². The van der Waals surface area contributed by atoms with Gasteiger partial charge in [0.05, 0.1) is 13.2 Å². The molecule has 2 N–H and O–H groups in total. The molecular weight excluding hydrogens is 298 g/mol. The quantitative estimate of drug-likeness (QED) is 0.812. The lowest BCUT2D eigenvalue weighted by molar-refractivity contribution is 0.0600. The molecule has 0 aromatic carbocycles. The molecule has 2 heterocycles. The Morgan fingerprint density at radius 1 is 1.26 bits per heavy atom. The fraction of sp³-hybridized carbons (Fsp3) is 0.667. The maximum absolute atomic E-state index is 12.2. The molecule has 0 saturated carbocycles. The van der Waals surface area contributed by atoms with Gasteiger partial charge in [0.2, 0.25) is 0 Å². The summed E-state index contributed by atoms with van der Waals surface area (Å²) in [7, 11) is 4.93. The second-order valence-corrected chi connectivity index (χ2v) is 7.07. The lowest BCUT2D eigenvalue weighted by Crippen LogP contribution is -2.44. The molecule has 2 aromatic rings. The first kappa shape index (κ1) is 17.4. The summed E-state index contributed by atoms with van der Waals surface area (Å²) in [5.74, 6) is 0.587. The van der Waals surface area contributed by atoms with Crippen molar-refractivity contribution in [2.75, 3.05) is 13.7 Å². The van der Waals surface area contributed by atoms with Crippen LogP contribution in [-0.2, 0) is 20.6 Å². The van der Waals surface area contributed by atoms with E-state index < -0.39 is 5.69 Å². The summed E-state index contributed by atoms with van der Waals surface area (Å²) in [4.78, 5) is 33.5. The van der Waals surface area contributed by atoms with E-state index in [1.807, 2.05) is 11.9 Å². The molecule has 2 aromatic heterocycles. The van der Waals surface area contributed by atoms with Crippen molar-refractivity contribution in [2.24, 2.45) is 19.5 Å². The fourth-order valence-electron chi connectivity index (χ4n) is 2.87. The van der Waals surface area contributed by atoms with E-state index in [0.717, 1.165) is 4.57 Å². The van der Waals surface area contributed by atoms with Crippen molar-refractivity contribution in [3.05, 3.63) is 26.7 Å². The van der Waals surface area contributed by atoms with E-state index in [4.69, 9.17) is 0 Å². The largest absolute Gasteiger partial charge is 0.395 e. The Bertz CT molecular complexity index is 824. The minimum atomic E-state index is -0.406. The number of likely N-dealkylation sites (N-methyl/N-ethyl adjacent to an activating group) is 1. The van der Waals surface area contributed by atoms with E-state index in [1.165, 1.54) is 11.6 Å². The molecule has 0 aliphatic carbocycles. The molecule has 0 saturated heterocycles. The molecule has 1 atom stereocenters. The Morgan fingerprint density at radius 3 is 2.39 bits per heavy atom. The van der Waals surface area contributed by atoms with Crippen molar-refractivity contribution in [3.8, 4) is 0 Å². The SMILES string of the molecule is CN(Cc1nc2c([nH]1)c(=O)n(C)c(=O)n2C)C(CO)C(C)(C)C. The van der Waals surface area contributed by atoms with Gasteiger partial charge in [-0.15, -0.1) is 0 Å². The molecule has 0 aliphatic rings. The average molecular weight is 323 g/mol. The van der Waals surface area contributed by atoms with Crippen molar-refractivity contribution in [3.63, 3.8) is 0 Å². The van der Waals surface area contributed by atoms with Crippen LogP contribution in [0.5, 0.6) is 0 Å². The molecule has 0 spiro atoms. The number of rotatable bonds is 4. The minimum Gasteiger partial charge on any atom is -0.395 e. The summed E-state index contributed by atoms with van der Waals surface area (Å²) < 4.78 is 2.41. The smallest absolute Gasteiger partial charge is 0.332 e. The zero-order valence-corrected chi connectivity index (χ0v) is 14.5. The Balaban J connectivity index is 2.43. The first-order valence-electron chi connectivity index (χ1n) is 7.53. The highest BCUT2D eigenvalue weighted by atomic mass is 16.3. The van der Waals surface area contributed by atoms with E-state index in [9.17, 15) is 14.7 Å². The molecule has 8 nitrogen and oxygen atoms in total. The molecule has 2 rings (SSSR count). The normalized spacial score (nSPS) is 13.9. The topological polar surface area (TPSA) is 96.2 Å². The zero-order chi connectivity index (χ0) is 17.5. The number of H-pyrrole nitrogens is 1. The summed E-state index contributed by atoms with van der Waals surface area (Å²) in [6, 6.07) is -0.0534. The lowest BCUT2D eigenvalue weighted by Gasteiger charge is -2.36. The van der Waals surface area contributed by atoms with Crippen molar-refractivity contribution in [2.45, 2.75) is 33.4 Å². The molecule has 128 valence electrons. The zero-order valence-electron chi connectivity index (χ0n) is 14.5. The first-order valence-corrected chi connectivity index (χ1v) is 7.53. The predicted molar refractivity (Wildman–Crippen MR) is 88.4 cm³/mol. The number of aryl methyl sites for hydroxylation is 1. The van der Waals surface area contributed by atoms with Crippen LogP contribution in [0.25, 0.3) is 11.2 Å². The molecule has 0 bridgehead atoms. The second-order valence-electron chi connectivity index (χ2n) is 7.07. The lowest BCUT2D eigenvalue weighted by atomic mass is 9.86. The molecule has 0 aliphatic heterocycles. The van der Waals surface area contributed by atoms with Crippen LogP contribution in [0.3, 0.4) is 0 Å². The standard InChI is InChI=1S/C15H25N5O3/c1-15(2,3)9(8-21)18(4)7-10-16-11-12(17-10)19(5)14(23)20(6)13(11)22/h9,21H,7-8H2,1-6H3,(H,16,17). The highest BCUT2D eigenvalue weighted by molar-refractivity contribution is 5.69. The molecule has 0 amide bonds. The van der Waals surface area contributed by atoms with E-state index >= 15 is 0 Å². The van der Waals surface area contributed by atoms with Gasteiger partial charge in [0, 0.05) is 20.1 Å². The molecule has 8 heteroatoms. The summed E-state index contributed by atoms with van der Waals surface area (Å²) in [6.07, 6.45) is 0. The van der Waals surface area contributed by atoms with Crippen LogP contribution in [0.15, 0.2) is 9.59 Å². The van der Waals surface area contributed by atoms with Gasteiger partial charge in [0.1, 0.15) is 11.3 Å². The Morgan fingerprint density at radius 2 is 1.87 bits per heavy atom. The minimum absolute atomic E-state index is 0.0283. The maximum Gasteiger partial charge on any atom is 0.332 e. The maximum atomic E-state index is 12.2. The Labute approximate surface area is 134 Å². The third-order valence-corrected chi connectivity index (χ3v) is 4.25. The van der Waals surface area contributed by atoms with Crippen LogP contribution in [0.4, 0.5) is 0 Å². The highest BCUT2D eigenvalue weighted by Crippen LogP contribution is 2.24. The van der Waals surface area contributed by atoms with Crippen LogP contribution in [0.2, 0.25) is 0 Å². The van der Waals surface area contributed by atoms with Gasteiger partial charge in [-0.2, -0.15) is 0 Å². The highest BCUT2D eigenvalue weighted by Gasteiger charge is 2.28. The molecule has 1 unspecified atom stereocenters. The van der Waals surface area contributed by atoms with E-state index in [0.29, 0.717) is 23.5 Å². The van der Waals surface area contributed by atoms with Gasteiger partial charge in [-0.05, 0) is 12.5 Å². The summed E-state index contributed by atoms with van der Waals surface area (Å²) in [5.41, 5.74) is -0.235. The number of imidazole rings is 1. The van der Waals surface area contributed by atoms with Crippen LogP contribution >= 0.6 is 0 Å². The van der Waals surface area contributed by atoms with Crippen LogP contribution in [0, 0.1) is 5.41 Å². The van der Waals surface area contributed by atoms with Crippen molar-refractivity contribution in [1.29, 1.82) is 0 Å². The molecule has 0 radical (unpaired) electrons. The van der Waals surface area contributed by atoms with E-state index in [-0.39, 0.29) is 23.6 Å². The van der Waals surface area contributed by atoms with Crippen molar-refractivity contribution < 1.29 is 5.11 Å². The fourth-order valence-corrected chi connectivity index (χ4v) is 2.87. The first-order chi connectivity index (χ1) is 10.6. The Kier molecular flexibility index (Phi) is 4.50. The monoisotopic (exact) mass is 323 g/mol. The van der Waals surface area contributed by atoms with Crippen LogP contribution in [-0.4, -0.2) is 48.8 Å². The molecule has 23 heavy (non-hydrogen) atoms. The third kappa shape index (κ3) is 3.09. The molecular formula is C15H25N5O3. The van der Waals surface area contributed by atoms with E-state index in [1.54, 1.807) is 7.05 Å². The van der Waals surface area contributed by atoms with Crippen LogP contribution < -0.4 is 11.2 Å². The second kappa shape index (κ2) is 5.93. The van der Waals surface area contributed by atoms with Gasteiger partial charge in [-0.25, -0.2) is 9.78 Å². The number of hydrogen-bond donors (Lipinski definition) is 2. The van der Waals surface area contributed by atoms with Gasteiger partial charge in [0.25, 0.3) is 5.56 Å². The number of hydrogen-bond acceptors (Lipinski definition) is 5. The summed E-state index contributed by atoms with van der Waals surface area (Å²) >= 11 is 0. The van der Waals surface area contributed by atoms with Gasteiger partial charge in [0.15, 0.2) is 5.65 Å². The van der Waals surface area contributed by atoms with Crippen molar-refractivity contribution in [1.82, 2.24) is 24.0 Å². The molecule has 0 fully saturated rings. The average Bonchev–Trinajstić information content (AvgIpc) is 2.86. The Hall–Kier alpha value is -1.93. The van der Waals surface area contributed by atoms with Crippen LogP contribution in [0.1, 0.15) is 26.6 Å². The number of aromatic nitrogens is 4. The number of fused-ring (bicyclic) bond motifs is 1. The van der Waals surface area contributed by atoms with Gasteiger partial charge in [-0.1, -0.05) is 20.8 Å². The van der Waals surface area contributed by atoms with Crippen molar-refractivity contribution >= 4 is 11.2 Å². The summed E-state index contributed by atoms with van der Waals surface area (Å²) in [5, 5.41) is 9.64. The third-order valence-electron chi connectivity index (χ3n) is 4.25. The number of aliphatic hydroxyl groups excluding tert-OH is 1. The van der Waals surface area contributed by atoms with E-state index in [2.05, 4.69) is 30.7 Å². The number of aliphatic hydroxyl groups is 1. The number of nitrogens with one attached hydrogen (secondary N) is 1. The number of aromatic amines is 1.